The molecule has 0 spiro atoms. The van der Waals surface area contributed by atoms with Crippen LogP contribution in [0.15, 0.2) is 69.7 Å². The molecule has 0 amide bonds. The molecule has 42 heavy (non-hydrogen) atoms. The molecule has 2 N–H and O–H groups in total. The Morgan fingerprint density at radius 2 is 1.71 bits per heavy atom. The van der Waals surface area contributed by atoms with Crippen LogP contribution in [0.25, 0.3) is 24.1 Å². The lowest BCUT2D eigenvalue weighted by molar-refractivity contribution is -0.176. The van der Waals surface area contributed by atoms with E-state index in [4.69, 9.17) is 0 Å². The molecule has 0 saturated heterocycles. The maximum Gasteiger partial charge on any atom is 0.269 e. The second-order valence-corrected chi connectivity index (χ2v) is 11.8. The van der Waals surface area contributed by atoms with Crippen molar-refractivity contribution in [1.82, 2.24) is 4.57 Å². The number of hydrogen-bond acceptors (Lipinski definition) is 8. The highest BCUT2D eigenvalue weighted by atomic mass is 32.2. The number of hydrogen-bond donors (Lipinski definition) is 2. The number of fused-ring (bicyclic) bond motifs is 1. The summed E-state index contributed by atoms with van der Waals surface area (Å²) < 4.78 is 28.3. The molecular weight excluding hydrogens is 554 g/mol. The van der Waals surface area contributed by atoms with Gasteiger partial charge in [0.05, 0.1) is 15.0 Å². The summed E-state index contributed by atoms with van der Waals surface area (Å²) in [6, 6.07) is 15.6. The third-order valence-electron chi connectivity index (χ3n) is 7.27. The van der Waals surface area contributed by atoms with Crippen molar-refractivity contribution in [2.75, 3.05) is 18.0 Å². The van der Waals surface area contributed by atoms with Crippen LogP contribution in [0.1, 0.15) is 56.2 Å². The summed E-state index contributed by atoms with van der Waals surface area (Å²) in [7, 11) is -4.10. The summed E-state index contributed by atoms with van der Waals surface area (Å²) in [5.41, 5.74) is 0.504. The van der Waals surface area contributed by atoms with E-state index in [0.717, 1.165) is 44.5 Å². The first-order valence-electron chi connectivity index (χ1n) is 13.7. The zero-order valence-electron chi connectivity index (χ0n) is 23.6. The number of nitriles is 1. The van der Waals surface area contributed by atoms with Gasteiger partial charge in [0.25, 0.3) is 5.56 Å². The molecule has 2 heterocycles. The van der Waals surface area contributed by atoms with E-state index in [-0.39, 0.29) is 31.4 Å². The number of sulfone groups is 1. The Bertz CT molecular complexity index is 1880. The molecule has 4 rings (SSSR count). The summed E-state index contributed by atoms with van der Waals surface area (Å²) >= 11 is 0. The zero-order chi connectivity index (χ0) is 30.6. The first kappa shape index (κ1) is 30.4. The van der Waals surface area contributed by atoms with Crippen molar-refractivity contribution >= 4 is 39.6 Å². The number of aromatic nitrogens is 1. The van der Waals surface area contributed by atoms with Crippen LogP contribution in [0.4, 0.5) is 5.69 Å². The molecule has 2 aromatic carbocycles. The van der Waals surface area contributed by atoms with Gasteiger partial charge in [-0.15, -0.1) is 0 Å². The van der Waals surface area contributed by atoms with Crippen molar-refractivity contribution in [2.45, 2.75) is 44.4 Å². The van der Waals surface area contributed by atoms with Crippen molar-refractivity contribution in [3.05, 3.63) is 97.5 Å². The molecular formula is C32H33N3O6S. The van der Waals surface area contributed by atoms with Gasteiger partial charge in [-0.25, -0.2) is 18.2 Å². The summed E-state index contributed by atoms with van der Waals surface area (Å²) in [6.07, 6.45) is 5.74. The van der Waals surface area contributed by atoms with Crippen molar-refractivity contribution in [2.24, 2.45) is 0 Å². The number of anilines is 1. The van der Waals surface area contributed by atoms with Gasteiger partial charge in [-0.05, 0) is 49.3 Å². The first-order valence-corrected chi connectivity index (χ1v) is 15.1. The van der Waals surface area contributed by atoms with Crippen LogP contribution < -0.4 is 20.9 Å². The predicted molar refractivity (Wildman–Crippen MR) is 163 cm³/mol. The van der Waals surface area contributed by atoms with Crippen LogP contribution in [-0.4, -0.2) is 36.4 Å². The fourth-order valence-corrected chi connectivity index (χ4v) is 6.78. The Morgan fingerprint density at radius 3 is 2.29 bits per heavy atom. The van der Waals surface area contributed by atoms with Gasteiger partial charge < -0.3 is 14.9 Å². The van der Waals surface area contributed by atoms with Gasteiger partial charge in [-0.2, -0.15) is 5.26 Å². The minimum Gasteiger partial charge on any atom is -0.493 e. The van der Waals surface area contributed by atoms with Gasteiger partial charge in [0.15, 0.2) is 0 Å². The molecule has 1 aromatic heterocycles. The lowest BCUT2D eigenvalue weighted by Crippen LogP contribution is -2.47. The molecule has 9 nitrogen and oxygen atoms in total. The number of allylic oxidation sites excluding steroid dienone is 1. The fraction of sp³-hybridized carbons (Fsp3) is 0.250. The number of nitrogens with zero attached hydrogens (tertiary/aromatic N) is 3. The third kappa shape index (κ3) is 5.36. The van der Waals surface area contributed by atoms with E-state index in [1.807, 2.05) is 24.3 Å². The van der Waals surface area contributed by atoms with Crippen LogP contribution >= 0.6 is 0 Å². The Labute approximate surface area is 244 Å². The monoisotopic (exact) mass is 587 g/mol. The van der Waals surface area contributed by atoms with E-state index < -0.39 is 32.7 Å². The normalized spacial score (nSPS) is 15.7. The van der Waals surface area contributed by atoms with Gasteiger partial charge in [0.2, 0.25) is 21.6 Å². The number of aromatic hydroxyl groups is 1. The van der Waals surface area contributed by atoms with E-state index in [0.29, 0.717) is 10.1 Å². The molecule has 0 radical (unpaired) electrons. The third-order valence-corrected chi connectivity index (χ3v) is 9.11. The van der Waals surface area contributed by atoms with Gasteiger partial charge in [0, 0.05) is 35.1 Å². The summed E-state index contributed by atoms with van der Waals surface area (Å²) in [6.45, 7) is 13.4. The van der Waals surface area contributed by atoms with E-state index in [1.54, 1.807) is 24.3 Å². The first-order chi connectivity index (χ1) is 20.1. The van der Waals surface area contributed by atoms with E-state index >= 15 is 0 Å². The van der Waals surface area contributed by atoms with Crippen LogP contribution in [0, 0.1) is 11.3 Å². The highest BCUT2D eigenvalue weighted by Gasteiger charge is 2.37. The average molecular weight is 588 g/mol. The molecule has 0 atom stereocenters. The molecule has 0 unspecified atom stereocenters. The number of pyridine rings is 1. The summed E-state index contributed by atoms with van der Waals surface area (Å²) in [5, 5.41) is 29.1. The maximum absolute atomic E-state index is 13.9. The van der Waals surface area contributed by atoms with Crippen LogP contribution in [-0.2, 0) is 14.7 Å². The average Bonchev–Trinajstić information content (AvgIpc) is 3.19. The smallest absolute Gasteiger partial charge is 0.269 e. The summed E-state index contributed by atoms with van der Waals surface area (Å²) in [4.78, 5) is 20.0. The molecule has 3 aromatic rings. The predicted octanol–water partition coefficient (Wildman–Crippen LogP) is 4.19. The topological polar surface area (TPSA) is 133 Å². The molecule has 10 heteroatoms. The van der Waals surface area contributed by atoms with Crippen molar-refractivity contribution in [3.8, 4) is 11.9 Å². The van der Waals surface area contributed by atoms with E-state index in [2.05, 4.69) is 36.8 Å². The Kier molecular flexibility index (Phi) is 9.05. The van der Waals surface area contributed by atoms with E-state index in [1.165, 1.54) is 12.1 Å². The molecule has 0 bridgehead atoms. The Balaban J connectivity index is 2.03. The van der Waals surface area contributed by atoms with Gasteiger partial charge in [-0.3, -0.25) is 4.79 Å². The van der Waals surface area contributed by atoms with Crippen molar-refractivity contribution < 1.29 is 23.7 Å². The number of rotatable bonds is 10. The largest absolute Gasteiger partial charge is 0.493 e. The Morgan fingerprint density at radius 1 is 1.10 bits per heavy atom. The van der Waals surface area contributed by atoms with Gasteiger partial charge in [0.1, 0.15) is 11.6 Å². The van der Waals surface area contributed by atoms with Crippen molar-refractivity contribution in [3.63, 3.8) is 0 Å². The van der Waals surface area contributed by atoms with Gasteiger partial charge >= 0.3 is 0 Å². The van der Waals surface area contributed by atoms with Crippen LogP contribution in [0.2, 0.25) is 0 Å². The van der Waals surface area contributed by atoms with Crippen LogP contribution in [0.5, 0.6) is 5.88 Å². The zero-order valence-corrected chi connectivity index (χ0v) is 24.4. The second kappa shape index (κ2) is 12.5. The summed E-state index contributed by atoms with van der Waals surface area (Å²) in [5.74, 6) is -1.52. The molecule has 1 aliphatic rings. The number of benzene rings is 2. The van der Waals surface area contributed by atoms with E-state index in [9.17, 15) is 28.8 Å². The minimum atomic E-state index is -4.10. The SMILES string of the molecule is C=C(OO)n1c(O)c(C#N)c(=C)c(=C2C(=Cc3ccc(N(CCCC)CCCC)cc3)S(=O)(=O)c3ccccc32)c1=O. The highest BCUT2D eigenvalue weighted by Crippen LogP contribution is 2.42. The standard InChI is InChI=1S/C32H33N3O6S/c1-5-7-17-34(18-8-6-2)24-15-13-23(14-16-24)19-28-30(25-11-9-10-12-27(25)42(28,39)40)29-21(3)26(20-33)31(36)35(32(29)37)22(4)41-38/h9-16,19,36,38H,3-8,17-18H2,1-2H3. The fourth-order valence-electron chi connectivity index (χ4n) is 5.06. The molecule has 0 aliphatic carbocycles. The molecule has 1 aliphatic heterocycles. The highest BCUT2D eigenvalue weighted by molar-refractivity contribution is 7.96. The second-order valence-electron chi connectivity index (χ2n) is 9.96. The lowest BCUT2D eigenvalue weighted by atomic mass is 10.00. The van der Waals surface area contributed by atoms with Crippen molar-refractivity contribution in [1.29, 1.82) is 5.26 Å². The quantitative estimate of drug-likeness (QED) is 0.205. The maximum atomic E-state index is 13.9. The minimum absolute atomic E-state index is 0.0117. The molecule has 218 valence electrons. The van der Waals surface area contributed by atoms with Gasteiger partial charge in [-0.1, -0.05) is 63.6 Å². The molecule has 0 saturated carbocycles. The lowest BCUT2D eigenvalue weighted by Gasteiger charge is -2.24. The number of unbranched alkanes of at least 4 members (excludes halogenated alkanes) is 2. The Hall–Kier alpha value is -4.59. The van der Waals surface area contributed by atoms with Crippen LogP contribution in [0.3, 0.4) is 0 Å². The molecule has 0 fully saturated rings.